The molecular formula is C24H24O7. The molecule has 1 aromatic heterocycles. The van der Waals surface area contributed by atoms with Gasteiger partial charge in [-0.3, -0.25) is 14.4 Å². The van der Waals surface area contributed by atoms with E-state index in [1.54, 1.807) is 59.1 Å². The summed E-state index contributed by atoms with van der Waals surface area (Å²) in [4.78, 5) is 37.6. The normalized spacial score (nSPS) is 11.1. The maximum absolute atomic E-state index is 13.3. The lowest BCUT2D eigenvalue weighted by atomic mass is 10.0. The number of esters is 2. The fraction of sp³-hybridized carbons (Fsp3) is 0.292. The number of carbonyl (C=O) groups is 2. The van der Waals surface area contributed by atoms with Gasteiger partial charge in [-0.2, -0.15) is 0 Å². The molecular weight excluding hydrogens is 400 g/mol. The first kappa shape index (κ1) is 22.1. The summed E-state index contributed by atoms with van der Waals surface area (Å²) in [5, 5.41) is 0.0895. The van der Waals surface area contributed by atoms with Crippen molar-refractivity contribution >= 4 is 22.9 Å². The maximum Gasteiger partial charge on any atom is 0.313 e. The van der Waals surface area contributed by atoms with Crippen molar-refractivity contribution in [2.24, 2.45) is 11.8 Å². The van der Waals surface area contributed by atoms with Crippen LogP contribution in [-0.2, 0) is 9.59 Å². The van der Waals surface area contributed by atoms with Gasteiger partial charge in [-0.05, 0) is 17.7 Å². The standard InChI is InChI=1S/C24H24O7/c1-13(2)23(26)30-17-10-19-21(20(11-17)31-24(27)14(3)4)22(25)18(12-29-19)15-6-8-16(28-5)9-7-15/h6-14H,1-5H3. The molecule has 31 heavy (non-hydrogen) atoms. The van der Waals surface area contributed by atoms with Crippen LogP contribution in [0.1, 0.15) is 27.7 Å². The van der Waals surface area contributed by atoms with Gasteiger partial charge in [0.15, 0.2) is 0 Å². The number of fused-ring (bicyclic) bond motifs is 1. The Morgan fingerprint density at radius 3 is 2.06 bits per heavy atom. The van der Waals surface area contributed by atoms with Crippen LogP contribution in [0.4, 0.5) is 0 Å². The lowest BCUT2D eigenvalue weighted by molar-refractivity contribution is -0.138. The van der Waals surface area contributed by atoms with E-state index in [1.807, 2.05) is 0 Å². The Labute approximate surface area is 179 Å². The highest BCUT2D eigenvalue weighted by Crippen LogP contribution is 2.32. The quantitative estimate of drug-likeness (QED) is 0.422. The van der Waals surface area contributed by atoms with Gasteiger partial charge in [0.1, 0.15) is 34.5 Å². The zero-order valence-electron chi connectivity index (χ0n) is 18.1. The van der Waals surface area contributed by atoms with Gasteiger partial charge in [-0.1, -0.05) is 39.8 Å². The van der Waals surface area contributed by atoms with E-state index in [2.05, 4.69) is 0 Å². The highest BCUT2D eigenvalue weighted by Gasteiger charge is 2.21. The molecule has 0 saturated carbocycles. The molecule has 3 rings (SSSR count). The average molecular weight is 424 g/mol. The predicted octanol–water partition coefficient (Wildman–Crippen LogP) is 4.59. The Bertz CT molecular complexity index is 1170. The van der Waals surface area contributed by atoms with E-state index >= 15 is 0 Å². The van der Waals surface area contributed by atoms with Gasteiger partial charge >= 0.3 is 11.9 Å². The van der Waals surface area contributed by atoms with Crippen LogP contribution >= 0.6 is 0 Å². The fourth-order valence-corrected chi connectivity index (χ4v) is 2.76. The van der Waals surface area contributed by atoms with E-state index in [-0.39, 0.29) is 33.8 Å². The van der Waals surface area contributed by atoms with Gasteiger partial charge in [0.05, 0.1) is 24.5 Å². The second kappa shape index (κ2) is 9.04. The third kappa shape index (κ3) is 4.77. The molecule has 0 fully saturated rings. The Morgan fingerprint density at radius 2 is 1.48 bits per heavy atom. The topological polar surface area (TPSA) is 92.0 Å². The summed E-state index contributed by atoms with van der Waals surface area (Å²) in [6.45, 7) is 6.76. The molecule has 7 heteroatoms. The zero-order chi connectivity index (χ0) is 22.7. The van der Waals surface area contributed by atoms with E-state index in [0.717, 1.165) is 0 Å². The number of rotatable bonds is 6. The number of hydrogen-bond acceptors (Lipinski definition) is 7. The minimum absolute atomic E-state index is 0.0214. The van der Waals surface area contributed by atoms with Crippen LogP contribution in [0.15, 0.2) is 51.9 Å². The summed E-state index contributed by atoms with van der Waals surface area (Å²) in [6.07, 6.45) is 1.33. The second-order valence-corrected chi connectivity index (χ2v) is 7.65. The van der Waals surface area contributed by atoms with Crippen LogP contribution in [0, 0.1) is 11.8 Å². The molecule has 0 unspecified atom stereocenters. The summed E-state index contributed by atoms with van der Waals surface area (Å²) in [5.74, 6) is -1.02. The van der Waals surface area contributed by atoms with Gasteiger partial charge in [0, 0.05) is 12.1 Å². The molecule has 0 aliphatic rings. The molecule has 0 amide bonds. The highest BCUT2D eigenvalue weighted by atomic mass is 16.5. The summed E-state index contributed by atoms with van der Waals surface area (Å²) in [6, 6.07) is 9.71. The molecule has 0 radical (unpaired) electrons. The van der Waals surface area contributed by atoms with Gasteiger partial charge < -0.3 is 18.6 Å². The minimum atomic E-state index is -0.525. The number of methoxy groups -OCH3 is 1. The van der Waals surface area contributed by atoms with Gasteiger partial charge in [0.2, 0.25) is 5.43 Å². The summed E-state index contributed by atoms with van der Waals surface area (Å²) in [7, 11) is 1.55. The average Bonchev–Trinajstić information content (AvgIpc) is 2.73. The monoisotopic (exact) mass is 424 g/mol. The van der Waals surface area contributed by atoms with Crippen molar-refractivity contribution in [2.45, 2.75) is 27.7 Å². The smallest absolute Gasteiger partial charge is 0.313 e. The van der Waals surface area contributed by atoms with Crippen LogP contribution in [0.25, 0.3) is 22.1 Å². The molecule has 0 spiro atoms. The molecule has 0 saturated heterocycles. The van der Waals surface area contributed by atoms with E-state index in [1.165, 1.54) is 18.4 Å². The summed E-state index contributed by atoms with van der Waals surface area (Å²) in [5.41, 5.74) is 0.680. The zero-order valence-corrected chi connectivity index (χ0v) is 18.1. The van der Waals surface area contributed by atoms with E-state index in [4.69, 9.17) is 18.6 Å². The first-order valence-electron chi connectivity index (χ1n) is 9.88. The molecule has 7 nitrogen and oxygen atoms in total. The molecule has 0 bridgehead atoms. The van der Waals surface area contributed by atoms with E-state index in [9.17, 15) is 14.4 Å². The molecule has 0 aliphatic heterocycles. The molecule has 162 valence electrons. The molecule has 0 aliphatic carbocycles. The van der Waals surface area contributed by atoms with Crippen molar-refractivity contribution in [1.29, 1.82) is 0 Å². The molecule has 0 atom stereocenters. The minimum Gasteiger partial charge on any atom is -0.497 e. The second-order valence-electron chi connectivity index (χ2n) is 7.65. The number of benzene rings is 2. The van der Waals surface area contributed by atoms with Gasteiger partial charge in [-0.15, -0.1) is 0 Å². The van der Waals surface area contributed by atoms with Gasteiger partial charge in [0.25, 0.3) is 0 Å². The third-order valence-electron chi connectivity index (χ3n) is 4.59. The summed E-state index contributed by atoms with van der Waals surface area (Å²) >= 11 is 0. The van der Waals surface area contributed by atoms with Crippen LogP contribution in [0.3, 0.4) is 0 Å². The van der Waals surface area contributed by atoms with Crippen molar-refractivity contribution < 1.29 is 28.2 Å². The van der Waals surface area contributed by atoms with Crippen molar-refractivity contribution in [2.75, 3.05) is 7.11 Å². The molecule has 3 aromatic rings. The largest absolute Gasteiger partial charge is 0.497 e. The lowest BCUT2D eigenvalue weighted by Gasteiger charge is -2.13. The third-order valence-corrected chi connectivity index (χ3v) is 4.59. The Kier molecular flexibility index (Phi) is 6.44. The van der Waals surface area contributed by atoms with Gasteiger partial charge in [-0.25, -0.2) is 0 Å². The van der Waals surface area contributed by atoms with Crippen LogP contribution in [0.2, 0.25) is 0 Å². The number of hydrogen-bond donors (Lipinski definition) is 0. The van der Waals surface area contributed by atoms with E-state index in [0.29, 0.717) is 16.9 Å². The Balaban J connectivity index is 2.17. The number of ether oxygens (including phenoxy) is 3. The lowest BCUT2D eigenvalue weighted by Crippen LogP contribution is -2.18. The predicted molar refractivity (Wildman–Crippen MR) is 115 cm³/mol. The van der Waals surface area contributed by atoms with Crippen molar-refractivity contribution in [3.8, 4) is 28.4 Å². The van der Waals surface area contributed by atoms with Crippen LogP contribution < -0.4 is 19.6 Å². The van der Waals surface area contributed by atoms with Crippen molar-refractivity contribution in [1.82, 2.24) is 0 Å². The molecule has 0 N–H and O–H groups in total. The van der Waals surface area contributed by atoms with Crippen LogP contribution in [0.5, 0.6) is 17.2 Å². The van der Waals surface area contributed by atoms with Crippen molar-refractivity contribution in [3.63, 3.8) is 0 Å². The Hall–Kier alpha value is -3.61. The van der Waals surface area contributed by atoms with Crippen molar-refractivity contribution in [3.05, 3.63) is 52.9 Å². The first-order valence-corrected chi connectivity index (χ1v) is 9.88. The van der Waals surface area contributed by atoms with E-state index < -0.39 is 17.9 Å². The SMILES string of the molecule is COc1ccc(-c2coc3cc(OC(=O)C(C)C)cc(OC(=O)C(C)C)c3c2=O)cc1. The Morgan fingerprint density at radius 1 is 0.871 bits per heavy atom. The maximum atomic E-state index is 13.3. The number of carbonyl (C=O) groups excluding carboxylic acids is 2. The molecule has 1 heterocycles. The van der Waals surface area contributed by atoms with Crippen LogP contribution in [-0.4, -0.2) is 19.0 Å². The summed E-state index contributed by atoms with van der Waals surface area (Å²) < 4.78 is 21.6. The first-order chi connectivity index (χ1) is 14.7. The molecule has 2 aromatic carbocycles. The fourth-order valence-electron chi connectivity index (χ4n) is 2.76. The highest BCUT2D eigenvalue weighted by molar-refractivity contribution is 5.91.